The van der Waals surface area contributed by atoms with Crippen molar-refractivity contribution in [1.82, 2.24) is 0 Å². The van der Waals surface area contributed by atoms with E-state index in [1.54, 1.807) is 6.92 Å². The summed E-state index contributed by atoms with van der Waals surface area (Å²) in [5.41, 5.74) is 0. The average Bonchev–Trinajstić information content (AvgIpc) is 2.64. The van der Waals surface area contributed by atoms with Crippen LogP contribution in [0.1, 0.15) is 19.8 Å². The zero-order valence-electron chi connectivity index (χ0n) is 5.87. The Bertz CT molecular complexity index is 162. The summed E-state index contributed by atoms with van der Waals surface area (Å²) in [4.78, 5) is 10.8. The van der Waals surface area contributed by atoms with Gasteiger partial charge >= 0.3 is 5.97 Å². The Hall–Kier alpha value is -0.570. The first-order valence-electron chi connectivity index (χ1n) is 3.63. The highest BCUT2D eigenvalue weighted by Crippen LogP contribution is 2.37. The zero-order valence-corrected chi connectivity index (χ0v) is 5.87. The summed E-state index contributed by atoms with van der Waals surface area (Å²) in [5.74, 6) is 0.283. The van der Waals surface area contributed by atoms with Crippen molar-refractivity contribution in [2.45, 2.75) is 32.2 Å². The standard InChI is InChI=1S/C7H10O3/c1-4-6(8)10-7(9-4)5-2-3-5/h4-5,7H,2-3H2,1H3/t4-,7-/m0/s1. The lowest BCUT2D eigenvalue weighted by atomic mass is 10.4. The van der Waals surface area contributed by atoms with Gasteiger partial charge < -0.3 is 9.47 Å². The highest BCUT2D eigenvalue weighted by Gasteiger charge is 2.42. The van der Waals surface area contributed by atoms with Crippen LogP contribution in [0.2, 0.25) is 0 Å². The lowest BCUT2D eigenvalue weighted by molar-refractivity contribution is -0.144. The molecular formula is C7H10O3. The third-order valence-electron chi connectivity index (χ3n) is 1.91. The molecule has 1 heterocycles. The number of rotatable bonds is 1. The third-order valence-corrected chi connectivity index (χ3v) is 1.91. The highest BCUT2D eigenvalue weighted by molar-refractivity contribution is 5.75. The van der Waals surface area contributed by atoms with Gasteiger partial charge in [-0.25, -0.2) is 4.79 Å². The van der Waals surface area contributed by atoms with Gasteiger partial charge in [0.05, 0.1) is 0 Å². The molecule has 2 rings (SSSR count). The van der Waals surface area contributed by atoms with Gasteiger partial charge in [0.1, 0.15) is 0 Å². The van der Waals surface area contributed by atoms with Gasteiger partial charge in [0.25, 0.3) is 0 Å². The van der Waals surface area contributed by atoms with Gasteiger partial charge in [0.15, 0.2) is 6.10 Å². The topological polar surface area (TPSA) is 35.5 Å². The molecule has 1 aliphatic carbocycles. The van der Waals surface area contributed by atoms with Gasteiger partial charge in [-0.2, -0.15) is 0 Å². The van der Waals surface area contributed by atoms with E-state index < -0.39 is 0 Å². The largest absolute Gasteiger partial charge is 0.434 e. The van der Waals surface area contributed by atoms with Crippen LogP contribution in [0.5, 0.6) is 0 Å². The molecule has 0 aromatic carbocycles. The third kappa shape index (κ3) is 0.904. The Morgan fingerprint density at radius 1 is 1.50 bits per heavy atom. The molecule has 0 aromatic heterocycles. The highest BCUT2D eigenvalue weighted by atomic mass is 16.8. The number of cyclic esters (lactones) is 1. The second-order valence-electron chi connectivity index (χ2n) is 2.92. The maximum Gasteiger partial charge on any atom is 0.337 e. The molecule has 0 radical (unpaired) electrons. The fourth-order valence-corrected chi connectivity index (χ4v) is 1.07. The van der Waals surface area contributed by atoms with Gasteiger partial charge in [0, 0.05) is 5.92 Å². The van der Waals surface area contributed by atoms with E-state index >= 15 is 0 Å². The molecule has 0 N–H and O–H groups in total. The van der Waals surface area contributed by atoms with Crippen LogP contribution in [-0.2, 0) is 14.3 Å². The minimum Gasteiger partial charge on any atom is -0.434 e. The Morgan fingerprint density at radius 3 is 2.60 bits per heavy atom. The van der Waals surface area contributed by atoms with E-state index in [1.165, 1.54) is 0 Å². The second-order valence-corrected chi connectivity index (χ2v) is 2.92. The van der Waals surface area contributed by atoms with E-state index in [2.05, 4.69) is 0 Å². The van der Waals surface area contributed by atoms with Crippen molar-refractivity contribution in [1.29, 1.82) is 0 Å². The van der Waals surface area contributed by atoms with Crippen LogP contribution in [0, 0.1) is 5.92 Å². The first-order chi connectivity index (χ1) is 4.77. The number of carbonyl (C=O) groups excluding carboxylic acids is 1. The molecule has 2 atom stereocenters. The molecule has 1 saturated carbocycles. The normalized spacial score (nSPS) is 39.9. The summed E-state index contributed by atoms with van der Waals surface area (Å²) >= 11 is 0. The number of carbonyl (C=O) groups is 1. The predicted molar refractivity (Wildman–Crippen MR) is 33.2 cm³/mol. The zero-order chi connectivity index (χ0) is 7.14. The van der Waals surface area contributed by atoms with Crippen LogP contribution in [0.4, 0.5) is 0 Å². The van der Waals surface area contributed by atoms with Gasteiger partial charge in [-0.3, -0.25) is 0 Å². The summed E-state index contributed by atoms with van der Waals surface area (Å²) in [6.45, 7) is 1.73. The molecule has 56 valence electrons. The van der Waals surface area contributed by atoms with Crippen LogP contribution in [0.15, 0.2) is 0 Å². The summed E-state index contributed by atoms with van der Waals surface area (Å²) in [6.07, 6.45) is 1.73. The lowest BCUT2D eigenvalue weighted by Crippen LogP contribution is -2.11. The van der Waals surface area contributed by atoms with Gasteiger partial charge in [0.2, 0.25) is 6.29 Å². The van der Waals surface area contributed by atoms with Crippen molar-refractivity contribution in [2.24, 2.45) is 5.92 Å². The van der Waals surface area contributed by atoms with Crippen molar-refractivity contribution in [3.8, 4) is 0 Å². The summed E-state index contributed by atoms with van der Waals surface area (Å²) < 4.78 is 10.2. The van der Waals surface area contributed by atoms with Gasteiger partial charge in [-0.05, 0) is 19.8 Å². The second kappa shape index (κ2) is 1.95. The molecule has 10 heavy (non-hydrogen) atoms. The van der Waals surface area contributed by atoms with E-state index in [-0.39, 0.29) is 18.4 Å². The van der Waals surface area contributed by atoms with Crippen LogP contribution in [0.3, 0.4) is 0 Å². The smallest absolute Gasteiger partial charge is 0.337 e. The molecule has 2 fully saturated rings. The minimum absolute atomic E-state index is 0.211. The predicted octanol–water partition coefficient (Wildman–Crippen LogP) is 0.684. The molecule has 0 aromatic rings. The van der Waals surface area contributed by atoms with Gasteiger partial charge in [-0.15, -0.1) is 0 Å². The van der Waals surface area contributed by atoms with Crippen molar-refractivity contribution in [3.05, 3.63) is 0 Å². The average molecular weight is 142 g/mol. The molecule has 0 amide bonds. The first kappa shape index (κ1) is 6.16. The van der Waals surface area contributed by atoms with Gasteiger partial charge in [-0.1, -0.05) is 0 Å². The maximum absolute atomic E-state index is 10.8. The van der Waals surface area contributed by atoms with Crippen LogP contribution < -0.4 is 0 Å². The molecule has 1 saturated heterocycles. The Kier molecular flexibility index (Phi) is 1.20. The maximum atomic E-state index is 10.8. The number of ether oxygens (including phenoxy) is 2. The number of hydrogen-bond acceptors (Lipinski definition) is 3. The summed E-state index contributed by atoms with van der Waals surface area (Å²) in [5, 5.41) is 0. The van der Waals surface area contributed by atoms with E-state index in [9.17, 15) is 4.79 Å². The Morgan fingerprint density at radius 2 is 2.20 bits per heavy atom. The summed E-state index contributed by atoms with van der Waals surface area (Å²) in [6, 6.07) is 0. The molecular weight excluding hydrogens is 132 g/mol. The quantitative estimate of drug-likeness (QED) is 0.505. The van der Waals surface area contributed by atoms with E-state index in [0.29, 0.717) is 5.92 Å². The van der Waals surface area contributed by atoms with Crippen LogP contribution >= 0.6 is 0 Å². The molecule has 2 aliphatic rings. The fourth-order valence-electron chi connectivity index (χ4n) is 1.07. The van der Waals surface area contributed by atoms with Crippen molar-refractivity contribution in [2.75, 3.05) is 0 Å². The first-order valence-corrected chi connectivity index (χ1v) is 3.63. The Balaban J connectivity index is 1.97. The lowest BCUT2D eigenvalue weighted by Gasteiger charge is -2.04. The fraction of sp³-hybridized carbons (Fsp3) is 0.857. The van der Waals surface area contributed by atoms with E-state index in [4.69, 9.17) is 9.47 Å². The Labute approximate surface area is 59.3 Å². The van der Waals surface area contributed by atoms with Crippen molar-refractivity contribution in [3.63, 3.8) is 0 Å². The molecule has 0 unspecified atom stereocenters. The minimum atomic E-state index is -0.342. The van der Waals surface area contributed by atoms with Crippen LogP contribution in [-0.4, -0.2) is 18.4 Å². The van der Waals surface area contributed by atoms with Crippen molar-refractivity contribution >= 4 is 5.97 Å². The molecule has 0 bridgehead atoms. The number of esters is 1. The van der Waals surface area contributed by atoms with Crippen LogP contribution in [0.25, 0.3) is 0 Å². The van der Waals surface area contributed by atoms with Crippen molar-refractivity contribution < 1.29 is 14.3 Å². The SMILES string of the molecule is C[C@@H]1O[C@H](C2CC2)OC1=O. The molecule has 0 spiro atoms. The molecule has 1 aliphatic heterocycles. The monoisotopic (exact) mass is 142 g/mol. The van der Waals surface area contributed by atoms with E-state index in [1.807, 2.05) is 0 Å². The molecule has 3 heteroatoms. The van der Waals surface area contributed by atoms with E-state index in [0.717, 1.165) is 12.8 Å². The number of hydrogen-bond donors (Lipinski definition) is 0. The summed E-state index contributed by atoms with van der Waals surface area (Å²) in [7, 11) is 0. The molecule has 3 nitrogen and oxygen atoms in total.